The van der Waals surface area contributed by atoms with Gasteiger partial charge in [0.1, 0.15) is 11.3 Å². The second kappa shape index (κ2) is 7.99. The molecule has 1 aliphatic carbocycles. The fraction of sp³-hybridized carbons (Fsp3) is 0.409. The number of benzene rings is 1. The average molecular weight is 413 g/mol. The molecule has 0 saturated carbocycles. The lowest BCUT2D eigenvalue weighted by molar-refractivity contribution is -0.137. The van der Waals surface area contributed by atoms with Crippen LogP contribution < -0.4 is 10.4 Å². The first-order chi connectivity index (χ1) is 13.9. The topological polar surface area (TPSA) is 72.6 Å². The molecule has 0 spiro atoms. The fourth-order valence-electron chi connectivity index (χ4n) is 3.87. The molecule has 1 aromatic carbocycles. The lowest BCUT2D eigenvalue weighted by Gasteiger charge is -2.22. The number of likely N-dealkylation sites (N-methyl/N-ethyl adjacent to an activating group) is 1. The number of fused-ring (bicyclic) bond motifs is 3. The highest BCUT2D eigenvalue weighted by Gasteiger charge is 2.22. The van der Waals surface area contributed by atoms with Crippen LogP contribution in [-0.2, 0) is 24.2 Å². The maximum atomic E-state index is 12.7. The van der Waals surface area contributed by atoms with Crippen LogP contribution in [0.15, 0.2) is 32.8 Å². The molecule has 2 aromatic heterocycles. The van der Waals surface area contributed by atoms with Crippen molar-refractivity contribution in [2.75, 3.05) is 7.05 Å². The molecule has 0 N–H and O–H groups in total. The Morgan fingerprint density at radius 1 is 1.31 bits per heavy atom. The van der Waals surface area contributed by atoms with Gasteiger partial charge in [0.15, 0.2) is 6.10 Å². The third-order valence-electron chi connectivity index (χ3n) is 5.30. The van der Waals surface area contributed by atoms with Gasteiger partial charge in [-0.15, -0.1) is 11.3 Å². The van der Waals surface area contributed by atoms with E-state index in [2.05, 4.69) is 4.98 Å². The molecule has 1 unspecified atom stereocenters. The molecule has 0 bridgehead atoms. The predicted octanol–water partition coefficient (Wildman–Crippen LogP) is 3.86. The summed E-state index contributed by atoms with van der Waals surface area (Å²) in [7, 11) is 1.74. The van der Waals surface area contributed by atoms with Gasteiger partial charge in [0, 0.05) is 29.4 Å². The molecule has 2 heterocycles. The van der Waals surface area contributed by atoms with Gasteiger partial charge in [-0.3, -0.25) is 4.79 Å². The Labute approximate surface area is 173 Å². The second-order valence-electron chi connectivity index (χ2n) is 7.52. The van der Waals surface area contributed by atoms with E-state index in [-0.39, 0.29) is 11.5 Å². The standard InChI is InChI=1S/C22H24N2O4S/c1-13(21(25)24(3)11-15-12-29-14(2)23-15)27-16-8-9-18-17-6-4-5-7-19(17)22(26)28-20(18)10-16/h8-10,12-13H,4-7,11H2,1-3H3. The monoisotopic (exact) mass is 412 g/mol. The van der Waals surface area contributed by atoms with Crippen LogP contribution in [0, 0.1) is 6.92 Å². The van der Waals surface area contributed by atoms with E-state index in [0.29, 0.717) is 17.9 Å². The number of nitrogens with zero attached hydrogens (tertiary/aromatic N) is 2. The summed E-state index contributed by atoms with van der Waals surface area (Å²) < 4.78 is 11.4. The molecule has 29 heavy (non-hydrogen) atoms. The molecule has 3 aromatic rings. The highest BCUT2D eigenvalue weighted by molar-refractivity contribution is 7.09. The Balaban J connectivity index is 1.51. The normalized spacial score (nSPS) is 14.4. The summed E-state index contributed by atoms with van der Waals surface area (Å²) in [6.45, 7) is 4.10. The van der Waals surface area contributed by atoms with Gasteiger partial charge >= 0.3 is 5.63 Å². The van der Waals surface area contributed by atoms with Crippen LogP contribution in [0.4, 0.5) is 0 Å². The van der Waals surface area contributed by atoms with Crippen LogP contribution in [0.1, 0.15) is 41.6 Å². The highest BCUT2D eigenvalue weighted by Crippen LogP contribution is 2.29. The lowest BCUT2D eigenvalue weighted by Crippen LogP contribution is -2.37. The number of ether oxygens (including phenoxy) is 1. The van der Waals surface area contributed by atoms with E-state index in [1.165, 1.54) is 0 Å². The largest absolute Gasteiger partial charge is 0.481 e. The van der Waals surface area contributed by atoms with Crippen molar-refractivity contribution in [3.63, 3.8) is 0 Å². The van der Waals surface area contributed by atoms with Gasteiger partial charge in [-0.2, -0.15) is 0 Å². The van der Waals surface area contributed by atoms with E-state index in [4.69, 9.17) is 9.15 Å². The van der Waals surface area contributed by atoms with Crippen molar-refractivity contribution in [2.24, 2.45) is 0 Å². The maximum absolute atomic E-state index is 12.7. The van der Waals surface area contributed by atoms with Crippen LogP contribution in [0.25, 0.3) is 11.0 Å². The molecule has 7 heteroatoms. The van der Waals surface area contributed by atoms with E-state index >= 15 is 0 Å². The van der Waals surface area contributed by atoms with Gasteiger partial charge in [-0.1, -0.05) is 0 Å². The molecular weight excluding hydrogens is 388 g/mol. The molecule has 1 amide bonds. The summed E-state index contributed by atoms with van der Waals surface area (Å²) in [4.78, 5) is 31.0. The molecular formula is C22H24N2O4S. The summed E-state index contributed by atoms with van der Waals surface area (Å²) in [5, 5.41) is 3.89. The first-order valence-corrected chi connectivity index (χ1v) is 10.7. The molecule has 6 nitrogen and oxygen atoms in total. The summed E-state index contributed by atoms with van der Waals surface area (Å²) >= 11 is 1.56. The quantitative estimate of drug-likeness (QED) is 0.595. The van der Waals surface area contributed by atoms with Crippen molar-refractivity contribution in [3.05, 3.63) is 55.8 Å². The van der Waals surface area contributed by atoms with Gasteiger partial charge in [0.25, 0.3) is 5.91 Å². The van der Waals surface area contributed by atoms with Gasteiger partial charge < -0.3 is 14.1 Å². The number of carbonyl (C=O) groups is 1. The third kappa shape index (κ3) is 4.05. The van der Waals surface area contributed by atoms with Crippen molar-refractivity contribution in [1.82, 2.24) is 9.88 Å². The van der Waals surface area contributed by atoms with Crippen LogP contribution >= 0.6 is 11.3 Å². The second-order valence-corrected chi connectivity index (χ2v) is 8.59. The SMILES string of the molecule is Cc1nc(CN(C)C(=O)C(C)Oc2ccc3c4c(c(=O)oc3c2)CCCC4)cs1. The Morgan fingerprint density at radius 2 is 2.07 bits per heavy atom. The van der Waals surface area contributed by atoms with E-state index in [1.54, 1.807) is 36.3 Å². The van der Waals surface area contributed by atoms with E-state index in [1.807, 2.05) is 24.4 Å². The number of aromatic nitrogens is 1. The molecule has 1 atom stereocenters. The van der Waals surface area contributed by atoms with Crippen molar-refractivity contribution >= 4 is 28.2 Å². The maximum Gasteiger partial charge on any atom is 0.339 e. The number of carbonyl (C=O) groups excluding carboxylic acids is 1. The number of thiazole rings is 1. The van der Waals surface area contributed by atoms with Gasteiger partial charge in [-0.05, 0) is 57.2 Å². The molecule has 0 saturated heterocycles. The van der Waals surface area contributed by atoms with Crippen LogP contribution in [0.2, 0.25) is 0 Å². The molecule has 0 aliphatic heterocycles. The molecule has 1 aliphatic rings. The van der Waals surface area contributed by atoms with Gasteiger partial charge in [0.05, 0.1) is 17.2 Å². The number of amides is 1. The van der Waals surface area contributed by atoms with Crippen molar-refractivity contribution < 1.29 is 13.9 Å². The lowest BCUT2D eigenvalue weighted by atomic mass is 9.91. The zero-order chi connectivity index (χ0) is 20.5. The minimum atomic E-state index is -0.665. The van der Waals surface area contributed by atoms with Crippen LogP contribution in [0.5, 0.6) is 5.75 Å². The minimum Gasteiger partial charge on any atom is -0.481 e. The highest BCUT2D eigenvalue weighted by atomic mass is 32.1. The number of hydrogen-bond acceptors (Lipinski definition) is 6. The minimum absolute atomic E-state index is 0.136. The Kier molecular flexibility index (Phi) is 5.41. The van der Waals surface area contributed by atoms with Gasteiger partial charge in [-0.25, -0.2) is 9.78 Å². The fourth-order valence-corrected chi connectivity index (χ4v) is 4.47. The van der Waals surface area contributed by atoms with Gasteiger partial charge in [0.2, 0.25) is 0 Å². The Bertz CT molecular complexity index is 1120. The first kappa shape index (κ1) is 19.6. The van der Waals surface area contributed by atoms with Crippen molar-refractivity contribution in [2.45, 2.75) is 52.2 Å². The van der Waals surface area contributed by atoms with Crippen molar-refractivity contribution in [3.8, 4) is 5.75 Å². The molecule has 0 fully saturated rings. The molecule has 152 valence electrons. The van der Waals surface area contributed by atoms with Crippen LogP contribution in [0.3, 0.4) is 0 Å². The predicted molar refractivity (Wildman–Crippen MR) is 113 cm³/mol. The summed E-state index contributed by atoms with van der Waals surface area (Å²) in [6.07, 6.45) is 3.12. The Morgan fingerprint density at radius 3 is 2.79 bits per heavy atom. The van der Waals surface area contributed by atoms with E-state index in [9.17, 15) is 9.59 Å². The number of rotatable bonds is 5. The zero-order valence-corrected chi connectivity index (χ0v) is 17.7. The first-order valence-electron chi connectivity index (χ1n) is 9.83. The smallest absolute Gasteiger partial charge is 0.339 e. The van der Waals surface area contributed by atoms with E-state index in [0.717, 1.165) is 52.9 Å². The summed E-state index contributed by atoms with van der Waals surface area (Å²) in [6, 6.07) is 5.47. The van der Waals surface area contributed by atoms with Crippen LogP contribution in [-0.4, -0.2) is 28.9 Å². The molecule has 4 rings (SSSR count). The van der Waals surface area contributed by atoms with Crippen molar-refractivity contribution in [1.29, 1.82) is 0 Å². The third-order valence-corrected chi connectivity index (χ3v) is 6.12. The number of hydrogen-bond donors (Lipinski definition) is 0. The average Bonchev–Trinajstić information content (AvgIpc) is 3.12. The summed E-state index contributed by atoms with van der Waals surface area (Å²) in [5.41, 5.74) is 3.02. The molecule has 0 radical (unpaired) electrons. The van der Waals surface area contributed by atoms with E-state index < -0.39 is 6.10 Å². The Hall–Kier alpha value is -2.67. The number of aryl methyl sites for hydroxylation is 2. The summed E-state index contributed by atoms with van der Waals surface area (Å²) in [5.74, 6) is 0.373. The zero-order valence-electron chi connectivity index (χ0n) is 16.9.